The zero-order valence-corrected chi connectivity index (χ0v) is 16.1. The Morgan fingerprint density at radius 2 is 1.61 bits per heavy atom. The number of rotatable bonds is 5. The second-order valence-electron chi connectivity index (χ2n) is 7.03. The number of piperidine rings is 1. The third-order valence-electron chi connectivity index (χ3n) is 4.49. The zero-order chi connectivity index (χ0) is 20.1. The van der Waals surface area contributed by atoms with Gasteiger partial charge < -0.3 is 15.0 Å². The monoisotopic (exact) mass is 380 g/mol. The molecule has 0 radical (unpaired) electrons. The fourth-order valence-corrected chi connectivity index (χ4v) is 3.05. The van der Waals surface area contributed by atoms with Crippen LogP contribution in [0.3, 0.4) is 0 Å². The van der Waals surface area contributed by atoms with Crippen LogP contribution in [0, 0.1) is 0 Å². The first-order chi connectivity index (χ1) is 13.4. The summed E-state index contributed by atoms with van der Waals surface area (Å²) in [6.07, 6.45) is 2.32. The van der Waals surface area contributed by atoms with Crippen LogP contribution in [0.1, 0.15) is 53.8 Å². The van der Waals surface area contributed by atoms with Gasteiger partial charge in [-0.15, -0.1) is 0 Å². The van der Waals surface area contributed by atoms with E-state index in [0.29, 0.717) is 23.2 Å². The van der Waals surface area contributed by atoms with E-state index in [1.165, 1.54) is 0 Å². The molecule has 6 nitrogen and oxygen atoms in total. The Morgan fingerprint density at radius 1 is 0.964 bits per heavy atom. The van der Waals surface area contributed by atoms with Gasteiger partial charge in [0, 0.05) is 29.9 Å². The van der Waals surface area contributed by atoms with E-state index in [1.807, 2.05) is 0 Å². The Morgan fingerprint density at radius 3 is 2.21 bits per heavy atom. The van der Waals surface area contributed by atoms with E-state index in [2.05, 4.69) is 5.32 Å². The van der Waals surface area contributed by atoms with Gasteiger partial charge >= 0.3 is 5.97 Å². The van der Waals surface area contributed by atoms with Crippen LogP contribution < -0.4 is 10.2 Å². The van der Waals surface area contributed by atoms with Crippen LogP contribution >= 0.6 is 0 Å². The molecule has 0 aliphatic carbocycles. The first-order valence-electron chi connectivity index (χ1n) is 9.47. The van der Waals surface area contributed by atoms with Gasteiger partial charge in [-0.3, -0.25) is 9.59 Å². The van der Waals surface area contributed by atoms with Gasteiger partial charge in [-0.25, -0.2) is 4.79 Å². The summed E-state index contributed by atoms with van der Waals surface area (Å²) in [4.78, 5) is 38.1. The minimum Gasteiger partial charge on any atom is -0.459 e. The van der Waals surface area contributed by atoms with Gasteiger partial charge in [-0.05, 0) is 75.2 Å². The van der Waals surface area contributed by atoms with Crippen LogP contribution in [0.15, 0.2) is 48.5 Å². The molecule has 0 unspecified atom stereocenters. The van der Waals surface area contributed by atoms with Crippen LogP contribution in [0.4, 0.5) is 11.4 Å². The fraction of sp³-hybridized carbons (Fsp3) is 0.318. The molecule has 0 aromatic heterocycles. The summed E-state index contributed by atoms with van der Waals surface area (Å²) in [5.74, 6) is -0.524. The summed E-state index contributed by atoms with van der Waals surface area (Å²) in [5, 5.41) is 2.80. The first-order valence-corrected chi connectivity index (χ1v) is 9.47. The molecular formula is C22H24N2O4. The lowest BCUT2D eigenvalue weighted by Gasteiger charge is -2.26. The third kappa shape index (κ3) is 4.76. The minimum absolute atomic E-state index is 0.125. The number of carbonyl (C=O) groups is 3. The minimum atomic E-state index is -0.393. The van der Waals surface area contributed by atoms with Crippen LogP contribution in [-0.2, 0) is 9.53 Å². The van der Waals surface area contributed by atoms with Crippen molar-refractivity contribution in [2.45, 2.75) is 39.2 Å². The van der Waals surface area contributed by atoms with Crippen molar-refractivity contribution in [1.29, 1.82) is 0 Å². The largest absolute Gasteiger partial charge is 0.459 e. The van der Waals surface area contributed by atoms with Crippen molar-refractivity contribution in [3.05, 3.63) is 59.7 Å². The van der Waals surface area contributed by atoms with E-state index in [0.717, 1.165) is 25.1 Å². The number of hydrogen-bond acceptors (Lipinski definition) is 4. The van der Waals surface area contributed by atoms with E-state index in [1.54, 1.807) is 67.3 Å². The maximum Gasteiger partial charge on any atom is 0.338 e. The quantitative estimate of drug-likeness (QED) is 0.795. The van der Waals surface area contributed by atoms with Crippen molar-refractivity contribution in [2.75, 3.05) is 16.8 Å². The highest BCUT2D eigenvalue weighted by atomic mass is 16.5. The summed E-state index contributed by atoms with van der Waals surface area (Å²) in [7, 11) is 0. The van der Waals surface area contributed by atoms with E-state index in [4.69, 9.17) is 4.74 Å². The molecule has 1 aliphatic heterocycles. The van der Waals surface area contributed by atoms with E-state index < -0.39 is 5.97 Å². The van der Waals surface area contributed by atoms with Gasteiger partial charge in [-0.1, -0.05) is 0 Å². The number of carbonyl (C=O) groups excluding carboxylic acids is 3. The van der Waals surface area contributed by atoms with Crippen LogP contribution in [0.2, 0.25) is 0 Å². The lowest BCUT2D eigenvalue weighted by molar-refractivity contribution is -0.119. The van der Waals surface area contributed by atoms with Gasteiger partial charge in [0.25, 0.3) is 5.91 Å². The first kappa shape index (κ1) is 19.6. The average molecular weight is 380 g/mol. The number of anilines is 2. The topological polar surface area (TPSA) is 75.7 Å². The molecule has 1 N–H and O–H groups in total. The van der Waals surface area contributed by atoms with Crippen molar-refractivity contribution >= 4 is 29.2 Å². The summed E-state index contributed by atoms with van der Waals surface area (Å²) in [5.41, 5.74) is 2.33. The van der Waals surface area contributed by atoms with Crippen LogP contribution in [-0.4, -0.2) is 30.4 Å². The standard InChI is InChI=1S/C22H24N2O4/c1-15(2)28-22(27)17-6-10-18(11-7-17)23-21(26)16-8-12-19(13-9-16)24-14-4-3-5-20(24)25/h6-13,15H,3-5,14H2,1-2H3,(H,23,26). The molecule has 2 aromatic rings. The van der Waals surface area contributed by atoms with Crippen molar-refractivity contribution in [3.63, 3.8) is 0 Å². The normalized spacial score (nSPS) is 14.1. The molecule has 0 bridgehead atoms. The fourth-order valence-electron chi connectivity index (χ4n) is 3.05. The molecule has 0 saturated carbocycles. The van der Waals surface area contributed by atoms with Gasteiger partial charge in [0.2, 0.25) is 5.91 Å². The number of nitrogens with zero attached hydrogens (tertiary/aromatic N) is 1. The molecule has 2 amide bonds. The highest BCUT2D eigenvalue weighted by Crippen LogP contribution is 2.22. The zero-order valence-electron chi connectivity index (χ0n) is 16.1. The maximum absolute atomic E-state index is 12.4. The molecular weight excluding hydrogens is 356 g/mol. The van der Waals surface area contributed by atoms with E-state index in [9.17, 15) is 14.4 Å². The van der Waals surface area contributed by atoms with Crippen molar-refractivity contribution in [1.82, 2.24) is 0 Å². The van der Waals surface area contributed by atoms with Crippen LogP contribution in [0.5, 0.6) is 0 Å². The summed E-state index contributed by atoms with van der Waals surface area (Å²) < 4.78 is 5.14. The molecule has 2 aromatic carbocycles. The summed E-state index contributed by atoms with van der Waals surface area (Å²) in [6, 6.07) is 13.6. The Labute approximate surface area is 164 Å². The lowest BCUT2D eigenvalue weighted by Crippen LogP contribution is -2.35. The smallest absolute Gasteiger partial charge is 0.338 e. The molecule has 6 heteroatoms. The Bertz CT molecular complexity index is 857. The van der Waals surface area contributed by atoms with Gasteiger partial charge in [0.15, 0.2) is 0 Å². The van der Waals surface area contributed by atoms with Gasteiger partial charge in [-0.2, -0.15) is 0 Å². The van der Waals surface area contributed by atoms with E-state index >= 15 is 0 Å². The predicted octanol–water partition coefficient (Wildman–Crippen LogP) is 4.02. The summed E-state index contributed by atoms with van der Waals surface area (Å²) in [6.45, 7) is 4.30. The second kappa shape index (κ2) is 8.69. The number of nitrogens with one attached hydrogen (secondary N) is 1. The Hall–Kier alpha value is -3.15. The molecule has 3 rings (SSSR count). The van der Waals surface area contributed by atoms with Crippen LogP contribution in [0.25, 0.3) is 0 Å². The molecule has 1 heterocycles. The number of esters is 1. The number of hydrogen-bond donors (Lipinski definition) is 1. The highest BCUT2D eigenvalue weighted by molar-refractivity contribution is 6.05. The third-order valence-corrected chi connectivity index (χ3v) is 4.49. The molecule has 146 valence electrons. The molecule has 1 fully saturated rings. The van der Waals surface area contributed by atoms with E-state index in [-0.39, 0.29) is 17.9 Å². The molecule has 1 aliphatic rings. The molecule has 0 spiro atoms. The highest BCUT2D eigenvalue weighted by Gasteiger charge is 2.19. The van der Waals surface area contributed by atoms with Gasteiger partial charge in [0.1, 0.15) is 0 Å². The predicted molar refractivity (Wildman–Crippen MR) is 108 cm³/mol. The Kier molecular flexibility index (Phi) is 6.09. The second-order valence-corrected chi connectivity index (χ2v) is 7.03. The van der Waals surface area contributed by atoms with Crippen molar-refractivity contribution in [3.8, 4) is 0 Å². The van der Waals surface area contributed by atoms with Crippen molar-refractivity contribution < 1.29 is 19.1 Å². The molecule has 28 heavy (non-hydrogen) atoms. The average Bonchev–Trinajstić information content (AvgIpc) is 2.68. The Balaban J connectivity index is 1.63. The SMILES string of the molecule is CC(C)OC(=O)c1ccc(NC(=O)c2ccc(N3CCCCC3=O)cc2)cc1. The number of benzene rings is 2. The van der Waals surface area contributed by atoms with Crippen molar-refractivity contribution in [2.24, 2.45) is 0 Å². The lowest BCUT2D eigenvalue weighted by atomic mass is 10.1. The van der Waals surface area contributed by atoms with Gasteiger partial charge in [0.05, 0.1) is 11.7 Å². The maximum atomic E-state index is 12.4. The number of ether oxygens (including phenoxy) is 1. The molecule has 1 saturated heterocycles. The molecule has 0 atom stereocenters. The summed E-state index contributed by atoms with van der Waals surface area (Å²) >= 11 is 0. The number of amides is 2.